The third-order valence-corrected chi connectivity index (χ3v) is 3.92. The monoisotopic (exact) mass is 328 g/mol. The molecule has 0 aliphatic carbocycles. The van der Waals surface area contributed by atoms with E-state index in [1.54, 1.807) is 42.9 Å². The van der Waals surface area contributed by atoms with Crippen molar-refractivity contribution in [2.75, 3.05) is 7.11 Å². The third kappa shape index (κ3) is 2.41. The minimum absolute atomic E-state index is 0.105. The molecule has 3 rings (SSSR count). The van der Waals surface area contributed by atoms with Gasteiger partial charge in [-0.2, -0.15) is 0 Å². The number of nitrogens with zero attached hydrogens (tertiary/aromatic N) is 4. The molecule has 0 radical (unpaired) electrons. The van der Waals surface area contributed by atoms with Gasteiger partial charge in [-0.3, -0.25) is 13.9 Å². The summed E-state index contributed by atoms with van der Waals surface area (Å²) in [7, 11) is 4.59. The van der Waals surface area contributed by atoms with Crippen LogP contribution in [0.15, 0.2) is 40.2 Å². The van der Waals surface area contributed by atoms with Gasteiger partial charge in [0.25, 0.3) is 5.56 Å². The fraction of sp³-hybridized carbons (Fsp3) is 0.250. The summed E-state index contributed by atoms with van der Waals surface area (Å²) in [4.78, 5) is 40.6. The Hall–Kier alpha value is -3.16. The first kappa shape index (κ1) is 15.7. The van der Waals surface area contributed by atoms with Crippen LogP contribution in [0, 0.1) is 0 Å². The second-order valence-corrected chi connectivity index (χ2v) is 5.45. The SMILES string of the molecule is COC(=O)c1ccc(Cn2c(=O)c3c(ncn3C)n(C)c2=O)cc1. The normalized spacial score (nSPS) is 11.0. The highest BCUT2D eigenvalue weighted by Gasteiger charge is 2.15. The van der Waals surface area contributed by atoms with Gasteiger partial charge in [0.2, 0.25) is 0 Å². The molecule has 0 fully saturated rings. The molecule has 8 nitrogen and oxygen atoms in total. The summed E-state index contributed by atoms with van der Waals surface area (Å²) in [5.74, 6) is -0.439. The Morgan fingerprint density at radius 2 is 1.83 bits per heavy atom. The minimum atomic E-state index is -0.441. The Balaban J connectivity index is 2.07. The van der Waals surface area contributed by atoms with Gasteiger partial charge < -0.3 is 9.30 Å². The summed E-state index contributed by atoms with van der Waals surface area (Å²) in [5, 5.41) is 0. The van der Waals surface area contributed by atoms with E-state index in [0.29, 0.717) is 16.7 Å². The summed E-state index contributed by atoms with van der Waals surface area (Å²) in [6.07, 6.45) is 1.50. The molecule has 0 aliphatic rings. The molecule has 0 aliphatic heterocycles. The number of hydrogen-bond acceptors (Lipinski definition) is 5. The quantitative estimate of drug-likeness (QED) is 0.644. The van der Waals surface area contributed by atoms with Crippen molar-refractivity contribution in [1.29, 1.82) is 0 Å². The molecule has 0 unspecified atom stereocenters. The van der Waals surface area contributed by atoms with E-state index in [9.17, 15) is 14.4 Å². The average Bonchev–Trinajstić information content (AvgIpc) is 2.98. The smallest absolute Gasteiger partial charge is 0.337 e. The zero-order chi connectivity index (χ0) is 17.4. The molecule has 0 spiro atoms. The number of methoxy groups -OCH3 is 1. The predicted molar refractivity (Wildman–Crippen MR) is 87.1 cm³/mol. The van der Waals surface area contributed by atoms with Gasteiger partial charge in [-0.15, -0.1) is 0 Å². The van der Waals surface area contributed by atoms with Gasteiger partial charge in [-0.05, 0) is 17.7 Å². The Morgan fingerprint density at radius 1 is 1.17 bits per heavy atom. The summed E-state index contributed by atoms with van der Waals surface area (Å²) in [6, 6.07) is 6.57. The van der Waals surface area contributed by atoms with Gasteiger partial charge in [0.15, 0.2) is 11.2 Å². The van der Waals surface area contributed by atoms with Crippen LogP contribution in [0.5, 0.6) is 0 Å². The Kier molecular flexibility index (Phi) is 3.80. The van der Waals surface area contributed by atoms with Crippen molar-refractivity contribution < 1.29 is 9.53 Å². The molecule has 1 aromatic carbocycles. The number of benzene rings is 1. The van der Waals surface area contributed by atoms with E-state index in [2.05, 4.69) is 9.72 Å². The van der Waals surface area contributed by atoms with E-state index in [4.69, 9.17) is 0 Å². The molecule has 2 heterocycles. The van der Waals surface area contributed by atoms with E-state index >= 15 is 0 Å². The molecular weight excluding hydrogens is 312 g/mol. The highest BCUT2D eigenvalue weighted by Crippen LogP contribution is 2.08. The number of hydrogen-bond donors (Lipinski definition) is 0. The number of imidazole rings is 1. The number of ether oxygens (including phenoxy) is 1. The molecule has 2 aromatic heterocycles. The van der Waals surface area contributed by atoms with Crippen LogP contribution in [0.25, 0.3) is 11.2 Å². The van der Waals surface area contributed by atoms with Crippen LogP contribution < -0.4 is 11.2 Å². The fourth-order valence-electron chi connectivity index (χ4n) is 2.58. The van der Waals surface area contributed by atoms with Crippen LogP contribution >= 0.6 is 0 Å². The molecule has 0 N–H and O–H groups in total. The zero-order valence-electron chi connectivity index (χ0n) is 13.5. The first-order valence-corrected chi connectivity index (χ1v) is 7.22. The van der Waals surface area contributed by atoms with Crippen LogP contribution in [0.4, 0.5) is 0 Å². The number of carbonyl (C=O) groups is 1. The number of aryl methyl sites for hydroxylation is 2. The first-order chi connectivity index (χ1) is 11.4. The lowest BCUT2D eigenvalue weighted by Crippen LogP contribution is -2.39. The lowest BCUT2D eigenvalue weighted by atomic mass is 10.1. The minimum Gasteiger partial charge on any atom is -0.465 e. The molecule has 0 bridgehead atoms. The van der Waals surface area contributed by atoms with Crippen molar-refractivity contribution >= 4 is 17.1 Å². The largest absolute Gasteiger partial charge is 0.465 e. The standard InChI is InChI=1S/C16H16N4O4/c1-18-9-17-13-12(18)14(21)20(16(23)19(13)2)8-10-4-6-11(7-5-10)15(22)24-3/h4-7,9H,8H2,1-3H3. The molecule has 24 heavy (non-hydrogen) atoms. The molecule has 0 atom stereocenters. The van der Waals surface area contributed by atoms with Gasteiger partial charge in [-0.25, -0.2) is 14.6 Å². The molecule has 0 saturated heterocycles. The van der Waals surface area contributed by atoms with E-state index in [0.717, 1.165) is 10.1 Å². The van der Waals surface area contributed by atoms with E-state index < -0.39 is 17.2 Å². The van der Waals surface area contributed by atoms with E-state index in [1.165, 1.54) is 18.0 Å². The highest BCUT2D eigenvalue weighted by atomic mass is 16.5. The van der Waals surface area contributed by atoms with Crippen molar-refractivity contribution in [3.63, 3.8) is 0 Å². The lowest BCUT2D eigenvalue weighted by Gasteiger charge is -2.09. The summed E-state index contributed by atoms with van der Waals surface area (Å²) >= 11 is 0. The molecule has 0 amide bonds. The summed E-state index contributed by atoms with van der Waals surface area (Å²) in [6.45, 7) is 0.105. The van der Waals surface area contributed by atoms with Crippen molar-refractivity contribution in [3.05, 3.63) is 62.6 Å². The Morgan fingerprint density at radius 3 is 2.46 bits per heavy atom. The van der Waals surface area contributed by atoms with Crippen LogP contribution in [0.2, 0.25) is 0 Å². The Labute approximate surface area is 136 Å². The summed E-state index contributed by atoms with van der Waals surface area (Å²) in [5.41, 5.74) is 1.01. The third-order valence-electron chi connectivity index (χ3n) is 3.92. The van der Waals surface area contributed by atoms with Gasteiger partial charge in [0, 0.05) is 14.1 Å². The van der Waals surface area contributed by atoms with Crippen molar-refractivity contribution in [2.45, 2.75) is 6.54 Å². The molecule has 8 heteroatoms. The number of aromatic nitrogens is 4. The van der Waals surface area contributed by atoms with Gasteiger partial charge in [0.05, 0.1) is 25.5 Å². The van der Waals surface area contributed by atoms with Crippen molar-refractivity contribution in [2.24, 2.45) is 14.1 Å². The maximum absolute atomic E-state index is 12.6. The van der Waals surface area contributed by atoms with Crippen molar-refractivity contribution in [3.8, 4) is 0 Å². The van der Waals surface area contributed by atoms with Gasteiger partial charge in [-0.1, -0.05) is 12.1 Å². The van der Waals surface area contributed by atoms with Crippen LogP contribution in [-0.2, 0) is 25.4 Å². The fourth-order valence-corrected chi connectivity index (χ4v) is 2.58. The number of fused-ring (bicyclic) bond motifs is 1. The molecule has 3 aromatic rings. The second kappa shape index (κ2) is 5.80. The maximum atomic E-state index is 12.6. The molecule has 0 saturated carbocycles. The van der Waals surface area contributed by atoms with Crippen LogP contribution in [0.3, 0.4) is 0 Å². The van der Waals surface area contributed by atoms with Crippen LogP contribution in [-0.4, -0.2) is 31.8 Å². The average molecular weight is 328 g/mol. The molecule has 124 valence electrons. The second-order valence-electron chi connectivity index (χ2n) is 5.45. The van der Waals surface area contributed by atoms with Crippen LogP contribution in [0.1, 0.15) is 15.9 Å². The number of esters is 1. The van der Waals surface area contributed by atoms with E-state index in [1.807, 2.05) is 0 Å². The topological polar surface area (TPSA) is 88.1 Å². The highest BCUT2D eigenvalue weighted by molar-refractivity contribution is 5.89. The van der Waals surface area contributed by atoms with Gasteiger partial charge >= 0.3 is 11.7 Å². The van der Waals surface area contributed by atoms with Gasteiger partial charge in [0.1, 0.15) is 0 Å². The Bertz CT molecular complexity index is 1040. The lowest BCUT2D eigenvalue weighted by molar-refractivity contribution is 0.0600. The summed E-state index contributed by atoms with van der Waals surface area (Å²) < 4.78 is 8.73. The van der Waals surface area contributed by atoms with Crippen molar-refractivity contribution in [1.82, 2.24) is 18.7 Å². The first-order valence-electron chi connectivity index (χ1n) is 7.22. The maximum Gasteiger partial charge on any atom is 0.337 e. The van der Waals surface area contributed by atoms with E-state index in [-0.39, 0.29) is 6.54 Å². The number of rotatable bonds is 3. The predicted octanol–water partition coefficient (Wildman–Crippen LogP) is 0.269. The number of carbonyl (C=O) groups excluding carboxylic acids is 1. The molecular formula is C16H16N4O4. The zero-order valence-corrected chi connectivity index (χ0v) is 13.5.